The zero-order valence-corrected chi connectivity index (χ0v) is 12.2. The molecule has 0 radical (unpaired) electrons. The zero-order chi connectivity index (χ0) is 13.9. The molecular formula is C16H16Cl2O. The highest BCUT2D eigenvalue weighted by Crippen LogP contribution is 2.31. The highest BCUT2D eigenvalue weighted by molar-refractivity contribution is 6.42. The molecule has 0 bridgehead atoms. The van der Waals surface area contributed by atoms with Gasteiger partial charge in [-0.1, -0.05) is 66.5 Å². The van der Waals surface area contributed by atoms with Crippen molar-refractivity contribution in [2.45, 2.75) is 25.4 Å². The van der Waals surface area contributed by atoms with Crippen molar-refractivity contribution in [3.63, 3.8) is 0 Å². The molecule has 0 saturated heterocycles. The van der Waals surface area contributed by atoms with Crippen LogP contribution in [0.2, 0.25) is 10.0 Å². The monoisotopic (exact) mass is 294 g/mol. The molecule has 2 aromatic rings. The maximum Gasteiger partial charge on any atom is 0.0934 e. The van der Waals surface area contributed by atoms with E-state index in [1.807, 2.05) is 49.4 Å². The fourth-order valence-electron chi connectivity index (χ4n) is 2.17. The van der Waals surface area contributed by atoms with Gasteiger partial charge in [-0.15, -0.1) is 0 Å². The molecule has 0 spiro atoms. The maximum absolute atomic E-state index is 10.8. The average molecular weight is 295 g/mol. The van der Waals surface area contributed by atoms with Gasteiger partial charge in [-0.2, -0.15) is 0 Å². The fraction of sp³-hybridized carbons (Fsp3) is 0.250. The fourth-order valence-corrected chi connectivity index (χ4v) is 2.49. The van der Waals surface area contributed by atoms with Crippen LogP contribution in [-0.4, -0.2) is 5.11 Å². The second-order valence-corrected chi connectivity index (χ2v) is 5.49. The van der Waals surface area contributed by atoms with E-state index in [9.17, 15) is 5.11 Å². The maximum atomic E-state index is 10.8. The number of hydrogen-bond donors (Lipinski definition) is 1. The minimum atomic E-state index is -0.877. The van der Waals surface area contributed by atoms with Crippen LogP contribution in [0.5, 0.6) is 0 Å². The molecule has 0 fully saturated rings. The molecule has 19 heavy (non-hydrogen) atoms. The van der Waals surface area contributed by atoms with Crippen LogP contribution in [0.25, 0.3) is 0 Å². The lowest BCUT2D eigenvalue weighted by molar-refractivity contribution is 0.0327. The Labute approximate surface area is 123 Å². The van der Waals surface area contributed by atoms with Crippen LogP contribution in [0.3, 0.4) is 0 Å². The van der Waals surface area contributed by atoms with E-state index >= 15 is 0 Å². The summed E-state index contributed by atoms with van der Waals surface area (Å²) < 4.78 is 0. The smallest absolute Gasteiger partial charge is 0.0934 e. The predicted molar refractivity (Wildman–Crippen MR) is 80.8 cm³/mol. The van der Waals surface area contributed by atoms with Gasteiger partial charge in [0.2, 0.25) is 0 Å². The van der Waals surface area contributed by atoms with E-state index < -0.39 is 5.60 Å². The average Bonchev–Trinajstić information content (AvgIpc) is 2.44. The van der Waals surface area contributed by atoms with Crippen molar-refractivity contribution in [3.05, 3.63) is 69.7 Å². The van der Waals surface area contributed by atoms with Crippen molar-refractivity contribution >= 4 is 23.2 Å². The molecule has 1 atom stereocenters. The highest BCUT2D eigenvalue weighted by Gasteiger charge is 2.27. The molecule has 0 aliphatic heterocycles. The minimum Gasteiger partial charge on any atom is -0.385 e. The van der Waals surface area contributed by atoms with E-state index in [1.54, 1.807) is 6.07 Å². The van der Waals surface area contributed by atoms with Gasteiger partial charge in [0.25, 0.3) is 0 Å². The van der Waals surface area contributed by atoms with Crippen molar-refractivity contribution in [1.82, 2.24) is 0 Å². The van der Waals surface area contributed by atoms with E-state index in [0.29, 0.717) is 22.9 Å². The van der Waals surface area contributed by atoms with Crippen molar-refractivity contribution in [2.24, 2.45) is 0 Å². The van der Waals surface area contributed by atoms with Gasteiger partial charge >= 0.3 is 0 Å². The van der Waals surface area contributed by atoms with Crippen molar-refractivity contribution in [1.29, 1.82) is 0 Å². The Morgan fingerprint density at radius 1 is 1.00 bits per heavy atom. The number of halogens is 2. The van der Waals surface area contributed by atoms with Crippen LogP contribution in [0.4, 0.5) is 0 Å². The topological polar surface area (TPSA) is 20.2 Å². The first-order chi connectivity index (χ1) is 9.05. The first kappa shape index (κ1) is 14.4. The van der Waals surface area contributed by atoms with Gasteiger partial charge in [-0.3, -0.25) is 0 Å². The molecular weight excluding hydrogens is 279 g/mol. The Morgan fingerprint density at radius 3 is 2.26 bits per heavy atom. The van der Waals surface area contributed by atoms with E-state index in [4.69, 9.17) is 23.2 Å². The lowest BCUT2D eigenvalue weighted by atomic mass is 9.85. The summed E-state index contributed by atoms with van der Waals surface area (Å²) in [5, 5.41) is 11.9. The van der Waals surface area contributed by atoms with Crippen LogP contribution in [-0.2, 0) is 12.0 Å². The third-order valence-electron chi connectivity index (χ3n) is 3.38. The van der Waals surface area contributed by atoms with E-state index in [2.05, 4.69) is 0 Å². The summed E-state index contributed by atoms with van der Waals surface area (Å²) >= 11 is 11.9. The molecule has 2 aromatic carbocycles. The number of rotatable bonds is 4. The standard InChI is InChI=1S/C16H16Cl2O/c1-2-16(19,13-6-4-3-5-7-13)11-12-8-9-14(17)15(18)10-12/h3-10,19H,2,11H2,1H3. The van der Waals surface area contributed by atoms with Crippen LogP contribution < -0.4 is 0 Å². The van der Waals surface area contributed by atoms with Gasteiger partial charge in [0, 0.05) is 6.42 Å². The number of hydrogen-bond acceptors (Lipinski definition) is 1. The lowest BCUT2D eigenvalue weighted by Crippen LogP contribution is -2.27. The Kier molecular flexibility index (Phi) is 4.51. The van der Waals surface area contributed by atoms with Gasteiger partial charge < -0.3 is 5.11 Å². The van der Waals surface area contributed by atoms with Crippen LogP contribution >= 0.6 is 23.2 Å². The summed E-state index contributed by atoms with van der Waals surface area (Å²) in [7, 11) is 0. The Morgan fingerprint density at radius 2 is 1.68 bits per heavy atom. The Balaban J connectivity index is 2.30. The molecule has 0 aliphatic rings. The molecule has 0 aromatic heterocycles. The molecule has 2 rings (SSSR count). The van der Waals surface area contributed by atoms with E-state index in [-0.39, 0.29) is 0 Å². The van der Waals surface area contributed by atoms with Crippen LogP contribution in [0.1, 0.15) is 24.5 Å². The number of benzene rings is 2. The summed E-state index contributed by atoms with van der Waals surface area (Å²) in [6, 6.07) is 15.2. The molecule has 1 N–H and O–H groups in total. The Bertz CT molecular complexity index is 554. The molecule has 0 aliphatic carbocycles. The summed E-state index contributed by atoms with van der Waals surface area (Å²) in [6.07, 6.45) is 1.15. The van der Waals surface area contributed by atoms with Gasteiger partial charge in [-0.05, 0) is 29.7 Å². The zero-order valence-electron chi connectivity index (χ0n) is 10.7. The highest BCUT2D eigenvalue weighted by atomic mass is 35.5. The lowest BCUT2D eigenvalue weighted by Gasteiger charge is -2.27. The molecule has 3 heteroatoms. The van der Waals surface area contributed by atoms with Gasteiger partial charge in [-0.25, -0.2) is 0 Å². The minimum absolute atomic E-state index is 0.518. The van der Waals surface area contributed by atoms with Gasteiger partial charge in [0.1, 0.15) is 0 Å². The van der Waals surface area contributed by atoms with Gasteiger partial charge in [0.15, 0.2) is 0 Å². The van der Waals surface area contributed by atoms with Crippen molar-refractivity contribution in [3.8, 4) is 0 Å². The summed E-state index contributed by atoms with van der Waals surface area (Å²) in [5.74, 6) is 0. The first-order valence-electron chi connectivity index (χ1n) is 6.27. The molecule has 0 heterocycles. The SMILES string of the molecule is CCC(O)(Cc1ccc(Cl)c(Cl)c1)c1ccccc1. The first-order valence-corrected chi connectivity index (χ1v) is 7.02. The second-order valence-electron chi connectivity index (χ2n) is 4.68. The molecule has 100 valence electrons. The predicted octanol–water partition coefficient (Wildman–Crippen LogP) is 4.83. The summed E-state index contributed by atoms with van der Waals surface area (Å²) in [5.41, 5.74) is 1.02. The van der Waals surface area contributed by atoms with E-state index in [1.165, 1.54) is 0 Å². The molecule has 1 unspecified atom stereocenters. The summed E-state index contributed by atoms with van der Waals surface area (Å²) in [6.45, 7) is 1.98. The van der Waals surface area contributed by atoms with Crippen LogP contribution in [0, 0.1) is 0 Å². The Hall–Kier alpha value is -1.02. The molecule has 0 amide bonds. The summed E-state index contributed by atoms with van der Waals surface area (Å²) in [4.78, 5) is 0. The normalized spacial score (nSPS) is 14.1. The van der Waals surface area contributed by atoms with E-state index in [0.717, 1.165) is 11.1 Å². The third-order valence-corrected chi connectivity index (χ3v) is 4.12. The van der Waals surface area contributed by atoms with Gasteiger partial charge in [0.05, 0.1) is 15.6 Å². The quantitative estimate of drug-likeness (QED) is 0.856. The largest absolute Gasteiger partial charge is 0.385 e. The third kappa shape index (κ3) is 3.30. The van der Waals surface area contributed by atoms with Crippen molar-refractivity contribution in [2.75, 3.05) is 0 Å². The molecule has 0 saturated carbocycles. The van der Waals surface area contributed by atoms with Crippen molar-refractivity contribution < 1.29 is 5.11 Å². The second kappa shape index (κ2) is 5.96. The number of aliphatic hydroxyl groups is 1. The molecule has 1 nitrogen and oxygen atoms in total. The van der Waals surface area contributed by atoms with Crippen LogP contribution in [0.15, 0.2) is 48.5 Å².